The highest BCUT2D eigenvalue weighted by atomic mass is 19.1. The van der Waals surface area contributed by atoms with Crippen molar-refractivity contribution >= 4 is 33.8 Å². The SMILES string of the molecule is CCn1cc2c(N3CCC(N(C)C)C3)cc(O)c(C(=O)Nc3cc(F)c4nc(C)cn4c3)c2n1. The average molecular weight is 466 g/mol. The predicted octanol–water partition coefficient (Wildman–Crippen LogP) is 3.25. The number of phenolic OH excluding ortho intramolecular Hbond substituents is 1. The number of nitrogens with one attached hydrogen (secondary N) is 1. The minimum absolute atomic E-state index is 0.0663. The lowest BCUT2D eigenvalue weighted by Crippen LogP contribution is -2.31. The van der Waals surface area contributed by atoms with E-state index in [0.29, 0.717) is 23.8 Å². The van der Waals surface area contributed by atoms with Gasteiger partial charge in [0.15, 0.2) is 11.5 Å². The minimum atomic E-state index is -0.557. The van der Waals surface area contributed by atoms with Gasteiger partial charge in [-0.1, -0.05) is 0 Å². The second-order valence-electron chi connectivity index (χ2n) is 9.03. The molecular weight excluding hydrogens is 437 g/mol. The smallest absolute Gasteiger partial charge is 0.261 e. The van der Waals surface area contributed by atoms with Gasteiger partial charge in [-0.25, -0.2) is 9.37 Å². The number of fused-ring (bicyclic) bond motifs is 2. The summed E-state index contributed by atoms with van der Waals surface area (Å²) >= 11 is 0. The van der Waals surface area contributed by atoms with Crippen LogP contribution in [0.1, 0.15) is 29.4 Å². The van der Waals surface area contributed by atoms with E-state index in [1.165, 1.54) is 10.5 Å². The number of aryl methyl sites for hydroxylation is 2. The van der Waals surface area contributed by atoms with Gasteiger partial charge in [0.2, 0.25) is 0 Å². The molecule has 0 saturated carbocycles. The molecule has 0 spiro atoms. The minimum Gasteiger partial charge on any atom is -0.507 e. The van der Waals surface area contributed by atoms with Gasteiger partial charge in [-0.15, -0.1) is 0 Å². The van der Waals surface area contributed by atoms with Gasteiger partial charge in [-0.2, -0.15) is 5.10 Å². The van der Waals surface area contributed by atoms with Gasteiger partial charge in [0.05, 0.1) is 17.1 Å². The molecule has 0 radical (unpaired) electrons. The van der Waals surface area contributed by atoms with Gasteiger partial charge in [-0.3, -0.25) is 9.48 Å². The summed E-state index contributed by atoms with van der Waals surface area (Å²) in [6.07, 6.45) is 6.19. The largest absolute Gasteiger partial charge is 0.507 e. The van der Waals surface area contributed by atoms with Crippen molar-refractivity contribution in [3.63, 3.8) is 0 Å². The molecular formula is C24H28FN7O2. The van der Waals surface area contributed by atoms with Gasteiger partial charge in [0.25, 0.3) is 5.91 Å². The van der Waals surface area contributed by atoms with Crippen LogP contribution in [-0.4, -0.2) is 68.3 Å². The molecule has 0 bridgehead atoms. The Labute approximate surface area is 196 Å². The van der Waals surface area contributed by atoms with Gasteiger partial charge in [0, 0.05) is 61.8 Å². The van der Waals surface area contributed by atoms with Gasteiger partial charge < -0.3 is 24.6 Å². The van der Waals surface area contributed by atoms with Crippen molar-refractivity contribution in [2.24, 2.45) is 0 Å². The maximum absolute atomic E-state index is 14.5. The van der Waals surface area contributed by atoms with Crippen molar-refractivity contribution in [1.29, 1.82) is 0 Å². The van der Waals surface area contributed by atoms with Crippen LogP contribution >= 0.6 is 0 Å². The molecule has 3 aromatic heterocycles. The molecule has 1 atom stereocenters. The average Bonchev–Trinajstić information content (AvgIpc) is 3.50. The van der Waals surface area contributed by atoms with Crippen LogP contribution in [0.4, 0.5) is 15.8 Å². The van der Waals surface area contributed by atoms with E-state index in [-0.39, 0.29) is 22.6 Å². The third kappa shape index (κ3) is 3.73. The number of rotatable bonds is 5. The number of amides is 1. The number of nitrogens with zero attached hydrogens (tertiary/aromatic N) is 6. The van der Waals surface area contributed by atoms with Crippen molar-refractivity contribution in [1.82, 2.24) is 24.1 Å². The van der Waals surface area contributed by atoms with E-state index in [0.717, 1.165) is 30.6 Å². The Bertz CT molecular complexity index is 1410. The van der Waals surface area contributed by atoms with Crippen LogP contribution < -0.4 is 10.2 Å². The lowest BCUT2D eigenvalue weighted by atomic mass is 10.1. The highest BCUT2D eigenvalue weighted by Crippen LogP contribution is 2.37. The highest BCUT2D eigenvalue weighted by molar-refractivity contribution is 6.16. The highest BCUT2D eigenvalue weighted by Gasteiger charge is 2.29. The number of phenols is 1. The summed E-state index contributed by atoms with van der Waals surface area (Å²) in [4.78, 5) is 21.8. The van der Waals surface area contributed by atoms with Gasteiger partial charge in [0.1, 0.15) is 16.8 Å². The molecule has 1 aromatic carbocycles. The number of pyridine rings is 1. The first-order valence-electron chi connectivity index (χ1n) is 11.4. The molecule has 9 nitrogen and oxygen atoms in total. The zero-order valence-corrected chi connectivity index (χ0v) is 19.7. The van der Waals surface area contributed by atoms with Gasteiger partial charge in [-0.05, 0) is 34.4 Å². The number of likely N-dealkylation sites (N-methyl/N-ethyl adjacent to an activating group) is 1. The van der Waals surface area contributed by atoms with E-state index < -0.39 is 11.7 Å². The number of benzene rings is 1. The Kier molecular flexibility index (Phi) is 5.40. The normalized spacial score (nSPS) is 16.3. The summed E-state index contributed by atoms with van der Waals surface area (Å²) in [6.45, 7) is 6.04. The van der Waals surface area contributed by atoms with Crippen molar-refractivity contribution in [3.05, 3.63) is 47.8 Å². The Morgan fingerprint density at radius 3 is 2.79 bits per heavy atom. The summed E-state index contributed by atoms with van der Waals surface area (Å²) in [5.74, 6) is -1.26. The lowest BCUT2D eigenvalue weighted by molar-refractivity contribution is 0.102. The predicted molar refractivity (Wildman–Crippen MR) is 129 cm³/mol. The van der Waals surface area contributed by atoms with E-state index in [1.807, 2.05) is 13.1 Å². The molecule has 4 aromatic rings. The van der Waals surface area contributed by atoms with E-state index in [2.05, 4.69) is 39.3 Å². The van der Waals surface area contributed by atoms with Crippen LogP contribution in [0.3, 0.4) is 0 Å². The quantitative estimate of drug-likeness (QED) is 0.470. The number of aromatic nitrogens is 4. The summed E-state index contributed by atoms with van der Waals surface area (Å²) in [6, 6.07) is 3.27. The van der Waals surface area contributed by atoms with Crippen LogP contribution in [0.2, 0.25) is 0 Å². The first-order valence-corrected chi connectivity index (χ1v) is 11.4. The molecule has 2 N–H and O–H groups in total. The molecule has 34 heavy (non-hydrogen) atoms. The molecule has 10 heteroatoms. The van der Waals surface area contributed by atoms with Crippen molar-refractivity contribution < 1.29 is 14.3 Å². The fraction of sp³-hybridized carbons (Fsp3) is 0.375. The van der Waals surface area contributed by atoms with E-state index >= 15 is 0 Å². The van der Waals surface area contributed by atoms with Crippen molar-refractivity contribution in [2.45, 2.75) is 32.9 Å². The fourth-order valence-corrected chi connectivity index (χ4v) is 4.67. The molecule has 4 heterocycles. The van der Waals surface area contributed by atoms with Crippen molar-refractivity contribution in [3.8, 4) is 5.75 Å². The zero-order valence-electron chi connectivity index (χ0n) is 19.7. The molecule has 1 aliphatic heterocycles. The maximum Gasteiger partial charge on any atom is 0.261 e. The summed E-state index contributed by atoms with van der Waals surface area (Å²) in [5.41, 5.74) is 2.45. The molecule has 1 aliphatic rings. The summed E-state index contributed by atoms with van der Waals surface area (Å²) in [5, 5.41) is 19.0. The van der Waals surface area contributed by atoms with E-state index in [9.17, 15) is 14.3 Å². The molecule has 0 aliphatic carbocycles. The van der Waals surface area contributed by atoms with Crippen molar-refractivity contribution in [2.75, 3.05) is 37.4 Å². The Morgan fingerprint density at radius 1 is 1.29 bits per heavy atom. The molecule has 5 rings (SSSR count). The summed E-state index contributed by atoms with van der Waals surface area (Å²) < 4.78 is 17.8. The Balaban J connectivity index is 1.54. The number of imidazole rings is 1. The second kappa shape index (κ2) is 8.28. The first kappa shape index (κ1) is 22.1. The van der Waals surface area contributed by atoms with Crippen LogP contribution in [0.25, 0.3) is 16.6 Å². The Hall–Kier alpha value is -3.66. The van der Waals surface area contributed by atoms with Crippen LogP contribution in [0.5, 0.6) is 5.75 Å². The van der Waals surface area contributed by atoms with E-state index in [1.54, 1.807) is 30.1 Å². The monoisotopic (exact) mass is 465 g/mol. The molecule has 178 valence electrons. The van der Waals surface area contributed by atoms with Crippen LogP contribution in [-0.2, 0) is 6.54 Å². The third-order valence-electron chi connectivity index (χ3n) is 6.47. The number of hydrogen-bond donors (Lipinski definition) is 2. The second-order valence-corrected chi connectivity index (χ2v) is 9.03. The Morgan fingerprint density at radius 2 is 2.09 bits per heavy atom. The molecule has 1 saturated heterocycles. The maximum atomic E-state index is 14.5. The molecule has 1 unspecified atom stereocenters. The number of aromatic hydroxyl groups is 1. The first-order chi connectivity index (χ1) is 16.2. The number of halogens is 1. The van der Waals surface area contributed by atoms with E-state index in [4.69, 9.17) is 0 Å². The standard InChI is InChI=1S/C24H28FN7O2/c1-5-32-13-17-19(30-7-6-16(12-30)29(3)4)9-20(33)21(22(17)28-32)24(34)27-15-8-18(25)23-26-14(2)10-31(23)11-15/h8-11,13,16,33H,5-7,12H2,1-4H3,(H,27,34). The number of carbonyl (C=O) groups is 1. The number of carbonyl (C=O) groups excluding carboxylic acids is 1. The summed E-state index contributed by atoms with van der Waals surface area (Å²) in [7, 11) is 4.13. The lowest BCUT2D eigenvalue weighted by Gasteiger charge is -2.23. The van der Waals surface area contributed by atoms with Crippen LogP contribution in [0.15, 0.2) is 30.7 Å². The number of hydrogen-bond acceptors (Lipinski definition) is 6. The third-order valence-corrected chi connectivity index (χ3v) is 6.47. The number of anilines is 2. The van der Waals surface area contributed by atoms with Crippen LogP contribution in [0, 0.1) is 12.7 Å². The molecule has 1 amide bonds. The zero-order chi connectivity index (χ0) is 24.1. The van der Waals surface area contributed by atoms with Gasteiger partial charge >= 0.3 is 0 Å². The fourth-order valence-electron chi connectivity index (χ4n) is 4.67. The molecule has 1 fully saturated rings. The topological polar surface area (TPSA) is 90.9 Å².